The Bertz CT molecular complexity index is 1110. The van der Waals surface area contributed by atoms with Crippen LogP contribution in [-0.4, -0.2) is 20.4 Å². The smallest absolute Gasteiger partial charge is 0.242 e. The zero-order valence-electron chi connectivity index (χ0n) is 15.5. The first-order valence-corrected chi connectivity index (χ1v) is 10.1. The van der Waals surface area contributed by atoms with Crippen LogP contribution in [0.4, 0.5) is 5.69 Å². The highest BCUT2D eigenvalue weighted by molar-refractivity contribution is 7.89. The van der Waals surface area contributed by atoms with Gasteiger partial charge in [-0.1, -0.05) is 36.4 Å². The molecule has 140 valence electrons. The number of fused-ring (bicyclic) bond motifs is 1. The van der Waals surface area contributed by atoms with Crippen LogP contribution in [-0.2, 0) is 14.8 Å². The summed E-state index contributed by atoms with van der Waals surface area (Å²) in [6.45, 7) is 5.47. The molecule has 1 atom stereocenters. The van der Waals surface area contributed by atoms with Gasteiger partial charge in [0.05, 0.1) is 10.9 Å². The molecule has 0 bridgehead atoms. The molecule has 6 heteroatoms. The van der Waals surface area contributed by atoms with Crippen LogP contribution in [0.2, 0.25) is 0 Å². The molecule has 0 aliphatic rings. The maximum absolute atomic E-state index is 12.7. The monoisotopic (exact) mass is 382 g/mol. The number of nitrogens with one attached hydrogen (secondary N) is 2. The van der Waals surface area contributed by atoms with Crippen LogP contribution in [0.5, 0.6) is 0 Å². The number of carbonyl (C=O) groups is 1. The fraction of sp³-hybridized carbons (Fsp3) is 0.190. The lowest BCUT2D eigenvalue weighted by molar-refractivity contribution is -0.117. The van der Waals surface area contributed by atoms with Crippen molar-refractivity contribution in [3.63, 3.8) is 0 Å². The second-order valence-electron chi connectivity index (χ2n) is 6.64. The Hall–Kier alpha value is -2.70. The molecule has 0 saturated heterocycles. The van der Waals surface area contributed by atoms with Gasteiger partial charge in [-0.2, -0.15) is 4.72 Å². The van der Waals surface area contributed by atoms with Crippen LogP contribution in [0.25, 0.3) is 10.8 Å². The molecule has 3 rings (SSSR count). The van der Waals surface area contributed by atoms with E-state index in [0.29, 0.717) is 5.69 Å². The summed E-state index contributed by atoms with van der Waals surface area (Å²) < 4.78 is 27.7. The van der Waals surface area contributed by atoms with Crippen molar-refractivity contribution in [1.82, 2.24) is 4.72 Å². The molecule has 1 amide bonds. The fourth-order valence-corrected chi connectivity index (χ4v) is 4.00. The molecule has 5 nitrogen and oxygen atoms in total. The third-order valence-corrected chi connectivity index (χ3v) is 6.07. The highest BCUT2D eigenvalue weighted by Crippen LogP contribution is 2.19. The van der Waals surface area contributed by atoms with Crippen LogP contribution < -0.4 is 10.0 Å². The predicted octanol–water partition coefficient (Wildman–Crippen LogP) is 3.76. The van der Waals surface area contributed by atoms with Crippen molar-refractivity contribution < 1.29 is 13.2 Å². The zero-order valence-corrected chi connectivity index (χ0v) is 16.3. The summed E-state index contributed by atoms with van der Waals surface area (Å²) in [5.41, 5.74) is 2.81. The average Bonchev–Trinajstić information content (AvgIpc) is 2.64. The number of carbonyl (C=O) groups excluding carboxylic acids is 1. The van der Waals surface area contributed by atoms with Gasteiger partial charge in [0.25, 0.3) is 0 Å². The molecular formula is C21H22N2O3S. The summed E-state index contributed by atoms with van der Waals surface area (Å²) in [7, 11) is -3.81. The highest BCUT2D eigenvalue weighted by atomic mass is 32.2. The maximum atomic E-state index is 12.7. The van der Waals surface area contributed by atoms with E-state index in [1.807, 2.05) is 50.2 Å². The van der Waals surface area contributed by atoms with E-state index in [9.17, 15) is 13.2 Å². The lowest BCUT2D eigenvalue weighted by atomic mass is 10.1. The van der Waals surface area contributed by atoms with Gasteiger partial charge >= 0.3 is 0 Å². The molecule has 3 aromatic rings. The number of anilines is 1. The van der Waals surface area contributed by atoms with Gasteiger partial charge in [0.2, 0.25) is 15.9 Å². The highest BCUT2D eigenvalue weighted by Gasteiger charge is 2.22. The van der Waals surface area contributed by atoms with Crippen LogP contribution in [0, 0.1) is 13.8 Å². The molecule has 0 radical (unpaired) electrons. The molecule has 0 unspecified atom stereocenters. The van der Waals surface area contributed by atoms with E-state index in [-0.39, 0.29) is 4.90 Å². The minimum Gasteiger partial charge on any atom is -0.325 e. The zero-order chi connectivity index (χ0) is 19.6. The van der Waals surface area contributed by atoms with E-state index in [1.165, 1.54) is 6.92 Å². The van der Waals surface area contributed by atoms with E-state index in [0.717, 1.165) is 21.9 Å². The number of rotatable bonds is 5. The summed E-state index contributed by atoms with van der Waals surface area (Å²) in [5, 5.41) is 4.53. The first-order valence-electron chi connectivity index (χ1n) is 8.65. The lowest BCUT2D eigenvalue weighted by Crippen LogP contribution is -2.41. The Balaban J connectivity index is 1.75. The Morgan fingerprint density at radius 2 is 1.59 bits per heavy atom. The molecule has 0 fully saturated rings. The predicted molar refractivity (Wildman–Crippen MR) is 108 cm³/mol. The van der Waals surface area contributed by atoms with Gasteiger partial charge in [0, 0.05) is 5.69 Å². The van der Waals surface area contributed by atoms with E-state index in [1.54, 1.807) is 24.3 Å². The number of sulfonamides is 1. The second-order valence-corrected chi connectivity index (χ2v) is 8.35. The van der Waals surface area contributed by atoms with E-state index in [2.05, 4.69) is 10.0 Å². The van der Waals surface area contributed by atoms with E-state index < -0.39 is 22.0 Å². The first kappa shape index (κ1) is 19.1. The van der Waals surface area contributed by atoms with Crippen LogP contribution in [0.3, 0.4) is 0 Å². The normalized spacial score (nSPS) is 12.7. The molecule has 0 heterocycles. The topological polar surface area (TPSA) is 75.3 Å². The van der Waals surface area contributed by atoms with Crippen molar-refractivity contribution >= 4 is 32.4 Å². The minimum atomic E-state index is -3.81. The summed E-state index contributed by atoms with van der Waals surface area (Å²) in [5.74, 6) is -0.414. The minimum absolute atomic E-state index is 0.132. The molecule has 0 spiro atoms. The molecule has 3 aromatic carbocycles. The number of amides is 1. The van der Waals surface area contributed by atoms with Gasteiger partial charge in [-0.05, 0) is 66.9 Å². The number of hydrogen-bond donors (Lipinski definition) is 2. The number of benzene rings is 3. The first-order chi connectivity index (χ1) is 12.8. The largest absolute Gasteiger partial charge is 0.325 e. The van der Waals surface area contributed by atoms with Gasteiger partial charge in [-0.15, -0.1) is 0 Å². The van der Waals surface area contributed by atoms with Gasteiger partial charge in [0.1, 0.15) is 0 Å². The van der Waals surface area contributed by atoms with Crippen molar-refractivity contribution in [1.29, 1.82) is 0 Å². The molecule has 2 N–H and O–H groups in total. The Morgan fingerprint density at radius 1 is 0.889 bits per heavy atom. The number of aryl methyl sites for hydroxylation is 2. The standard InChI is InChI=1S/C21H22N2O3S/c1-14-8-10-19(12-15(14)2)22-21(24)16(3)23-27(25,26)20-11-9-17-6-4-5-7-18(17)13-20/h4-13,16,23H,1-3H3,(H,22,24)/t16-/m1/s1. The van der Waals surface area contributed by atoms with Crippen molar-refractivity contribution in [2.24, 2.45) is 0 Å². The Kier molecular flexibility index (Phi) is 5.30. The molecule has 0 aliphatic heterocycles. The third-order valence-electron chi connectivity index (χ3n) is 4.53. The fourth-order valence-electron chi connectivity index (χ4n) is 2.76. The average molecular weight is 382 g/mol. The molecule has 27 heavy (non-hydrogen) atoms. The quantitative estimate of drug-likeness (QED) is 0.705. The second kappa shape index (κ2) is 7.50. The van der Waals surface area contributed by atoms with Crippen molar-refractivity contribution in [3.8, 4) is 0 Å². The Morgan fingerprint density at radius 3 is 2.30 bits per heavy atom. The molecule has 0 aromatic heterocycles. The van der Waals surface area contributed by atoms with Crippen molar-refractivity contribution in [2.45, 2.75) is 31.7 Å². The summed E-state index contributed by atoms with van der Waals surface area (Å²) in [6.07, 6.45) is 0. The van der Waals surface area contributed by atoms with Crippen molar-refractivity contribution in [3.05, 3.63) is 71.8 Å². The number of hydrogen-bond acceptors (Lipinski definition) is 3. The van der Waals surface area contributed by atoms with Gasteiger partial charge < -0.3 is 5.32 Å². The van der Waals surface area contributed by atoms with Crippen LogP contribution in [0.15, 0.2) is 65.6 Å². The summed E-state index contributed by atoms with van der Waals surface area (Å²) in [6, 6.07) is 17.1. The van der Waals surface area contributed by atoms with Crippen LogP contribution in [0.1, 0.15) is 18.1 Å². The molecular weight excluding hydrogens is 360 g/mol. The van der Waals surface area contributed by atoms with Crippen LogP contribution >= 0.6 is 0 Å². The lowest BCUT2D eigenvalue weighted by Gasteiger charge is -2.15. The van der Waals surface area contributed by atoms with E-state index in [4.69, 9.17) is 0 Å². The van der Waals surface area contributed by atoms with Gasteiger partial charge in [0.15, 0.2) is 0 Å². The summed E-state index contributed by atoms with van der Waals surface area (Å²) in [4.78, 5) is 12.5. The molecule has 0 aliphatic carbocycles. The summed E-state index contributed by atoms with van der Waals surface area (Å²) >= 11 is 0. The molecule has 0 saturated carbocycles. The van der Waals surface area contributed by atoms with Crippen molar-refractivity contribution in [2.75, 3.05) is 5.32 Å². The van der Waals surface area contributed by atoms with Gasteiger partial charge in [-0.3, -0.25) is 4.79 Å². The Labute approximate surface area is 159 Å². The third kappa shape index (κ3) is 4.35. The maximum Gasteiger partial charge on any atom is 0.242 e. The SMILES string of the molecule is Cc1ccc(NC(=O)[C@@H](C)NS(=O)(=O)c2ccc3ccccc3c2)cc1C. The van der Waals surface area contributed by atoms with Gasteiger partial charge in [-0.25, -0.2) is 8.42 Å². The van der Waals surface area contributed by atoms with E-state index >= 15 is 0 Å².